The summed E-state index contributed by atoms with van der Waals surface area (Å²) in [6.07, 6.45) is 3.00. The predicted molar refractivity (Wildman–Crippen MR) is 50.3 cm³/mol. The highest BCUT2D eigenvalue weighted by Crippen LogP contribution is 1.99. The van der Waals surface area contributed by atoms with Gasteiger partial charge in [-0.25, -0.2) is 14.8 Å². The van der Waals surface area contributed by atoms with Gasteiger partial charge in [-0.3, -0.25) is 0 Å². The lowest BCUT2D eigenvalue weighted by molar-refractivity contribution is 0.237. The van der Waals surface area contributed by atoms with E-state index in [2.05, 4.69) is 20.2 Å². The molecule has 8 nitrogen and oxygen atoms in total. The van der Waals surface area contributed by atoms with E-state index >= 15 is 0 Å². The van der Waals surface area contributed by atoms with Crippen molar-refractivity contribution in [3.63, 3.8) is 0 Å². The Hall–Kier alpha value is -2.56. The molecule has 0 saturated carbocycles. The summed E-state index contributed by atoms with van der Waals surface area (Å²) in [6, 6.07) is 1.22. The van der Waals surface area contributed by atoms with Crippen LogP contribution in [0.2, 0.25) is 0 Å². The van der Waals surface area contributed by atoms with Crippen LogP contribution >= 0.6 is 0 Å². The summed E-state index contributed by atoms with van der Waals surface area (Å²) in [5, 5.41) is 16.4. The summed E-state index contributed by atoms with van der Waals surface area (Å²) < 4.78 is 1.89. The van der Waals surface area contributed by atoms with Crippen molar-refractivity contribution in [1.29, 1.82) is 5.26 Å². The van der Waals surface area contributed by atoms with Crippen LogP contribution in [0.25, 0.3) is 0 Å². The van der Waals surface area contributed by atoms with Gasteiger partial charge in [-0.05, 0) is 0 Å². The van der Waals surface area contributed by atoms with Crippen LogP contribution in [-0.2, 0) is 6.42 Å². The van der Waals surface area contributed by atoms with Gasteiger partial charge in [0, 0.05) is 6.42 Å². The molecule has 0 saturated heterocycles. The largest absolute Gasteiger partial charge is 0.373 e. The molecular weight excluding hydrogens is 210 g/mol. The SMILES string of the molecule is CCc1nc(C#N)n(C(=O)n2cncn2)n1. The van der Waals surface area contributed by atoms with Crippen molar-refractivity contribution in [2.75, 3.05) is 0 Å². The number of aromatic nitrogens is 6. The smallest absolute Gasteiger partial charge is 0.243 e. The van der Waals surface area contributed by atoms with Gasteiger partial charge < -0.3 is 0 Å². The van der Waals surface area contributed by atoms with Gasteiger partial charge in [0.1, 0.15) is 18.7 Å². The third kappa shape index (κ3) is 1.54. The normalized spacial score (nSPS) is 10.0. The minimum Gasteiger partial charge on any atom is -0.243 e. The predicted octanol–water partition coefficient (Wildman–Crippen LogP) is -0.180. The molecule has 0 N–H and O–H groups in total. The number of aryl methyl sites for hydroxylation is 1. The van der Waals surface area contributed by atoms with Gasteiger partial charge in [-0.15, -0.1) is 9.78 Å². The fraction of sp³-hybridized carbons (Fsp3) is 0.250. The van der Waals surface area contributed by atoms with Crippen LogP contribution in [0, 0.1) is 11.3 Å². The molecule has 0 amide bonds. The standard InChI is InChI=1S/C8H7N7O/c1-2-6-12-7(3-9)15(13-6)8(16)14-5-10-4-11-14/h4-5H,2H2,1H3. The van der Waals surface area contributed by atoms with Gasteiger partial charge in [0.2, 0.25) is 5.82 Å². The second-order valence-corrected chi connectivity index (χ2v) is 2.85. The minimum atomic E-state index is -0.582. The van der Waals surface area contributed by atoms with Gasteiger partial charge in [-0.2, -0.15) is 15.0 Å². The van der Waals surface area contributed by atoms with Crippen molar-refractivity contribution < 1.29 is 4.79 Å². The zero-order valence-electron chi connectivity index (χ0n) is 8.40. The van der Waals surface area contributed by atoms with E-state index in [9.17, 15) is 4.79 Å². The summed E-state index contributed by atoms with van der Waals surface area (Å²) in [4.78, 5) is 19.3. The maximum Gasteiger partial charge on any atom is 0.373 e. The quantitative estimate of drug-likeness (QED) is 0.656. The van der Waals surface area contributed by atoms with Crippen molar-refractivity contribution in [2.45, 2.75) is 13.3 Å². The van der Waals surface area contributed by atoms with E-state index in [0.717, 1.165) is 9.36 Å². The number of nitriles is 1. The third-order valence-electron chi connectivity index (χ3n) is 1.86. The lowest BCUT2D eigenvalue weighted by Gasteiger charge is -1.97. The van der Waals surface area contributed by atoms with E-state index in [4.69, 9.17) is 5.26 Å². The number of carbonyl (C=O) groups excluding carboxylic acids is 1. The van der Waals surface area contributed by atoms with Crippen LogP contribution in [0.15, 0.2) is 12.7 Å². The van der Waals surface area contributed by atoms with Crippen molar-refractivity contribution in [2.24, 2.45) is 0 Å². The third-order valence-corrected chi connectivity index (χ3v) is 1.86. The van der Waals surface area contributed by atoms with E-state index in [1.807, 2.05) is 6.92 Å². The number of hydrogen-bond acceptors (Lipinski definition) is 6. The second kappa shape index (κ2) is 3.90. The van der Waals surface area contributed by atoms with E-state index in [1.54, 1.807) is 6.07 Å². The van der Waals surface area contributed by atoms with E-state index in [1.165, 1.54) is 12.7 Å². The molecule has 2 rings (SSSR count). The Labute approximate surface area is 90.2 Å². The first kappa shape index (κ1) is 9.97. The summed E-state index contributed by atoms with van der Waals surface area (Å²) in [5.74, 6) is 0.377. The Balaban J connectivity index is 2.44. The Bertz CT molecular complexity index is 547. The van der Waals surface area contributed by atoms with E-state index in [0.29, 0.717) is 12.2 Å². The van der Waals surface area contributed by atoms with Crippen molar-refractivity contribution >= 4 is 6.03 Å². The Morgan fingerprint density at radius 2 is 2.44 bits per heavy atom. The van der Waals surface area contributed by atoms with Crippen molar-refractivity contribution in [1.82, 2.24) is 29.5 Å². The molecule has 0 fully saturated rings. The molecular formula is C8H7N7O. The topological polar surface area (TPSA) is 102 Å². The van der Waals surface area contributed by atoms with Crippen LogP contribution in [0.1, 0.15) is 18.6 Å². The van der Waals surface area contributed by atoms with Gasteiger partial charge in [0.15, 0.2) is 5.82 Å². The molecule has 0 unspecified atom stereocenters. The molecule has 0 atom stereocenters. The van der Waals surface area contributed by atoms with Gasteiger partial charge in [0.25, 0.3) is 0 Å². The zero-order chi connectivity index (χ0) is 11.5. The van der Waals surface area contributed by atoms with Gasteiger partial charge in [0.05, 0.1) is 0 Å². The maximum atomic E-state index is 11.8. The highest BCUT2D eigenvalue weighted by molar-refractivity contribution is 5.78. The van der Waals surface area contributed by atoms with Gasteiger partial charge in [-0.1, -0.05) is 6.92 Å². The molecule has 16 heavy (non-hydrogen) atoms. The molecule has 2 heterocycles. The number of rotatable bonds is 1. The Morgan fingerprint density at radius 1 is 1.62 bits per heavy atom. The number of hydrogen-bond donors (Lipinski definition) is 0. The van der Waals surface area contributed by atoms with Crippen LogP contribution in [0.5, 0.6) is 0 Å². The molecule has 2 aromatic heterocycles. The molecule has 8 heteroatoms. The molecule has 0 aliphatic carbocycles. The van der Waals surface area contributed by atoms with Crippen LogP contribution in [-0.4, -0.2) is 35.6 Å². The molecule has 0 bridgehead atoms. The second-order valence-electron chi connectivity index (χ2n) is 2.85. The van der Waals surface area contributed by atoms with Crippen LogP contribution in [0.3, 0.4) is 0 Å². The first-order valence-electron chi connectivity index (χ1n) is 4.51. The summed E-state index contributed by atoms with van der Waals surface area (Å²) in [6.45, 7) is 1.83. The highest BCUT2D eigenvalue weighted by Gasteiger charge is 2.16. The lowest BCUT2D eigenvalue weighted by Crippen LogP contribution is -2.22. The average Bonchev–Trinajstić information content (AvgIpc) is 2.96. The molecule has 0 aromatic carbocycles. The molecule has 80 valence electrons. The molecule has 0 aliphatic heterocycles. The zero-order valence-corrected chi connectivity index (χ0v) is 8.40. The first-order valence-corrected chi connectivity index (χ1v) is 4.51. The highest BCUT2D eigenvalue weighted by atomic mass is 16.2. The average molecular weight is 217 g/mol. The van der Waals surface area contributed by atoms with Crippen LogP contribution < -0.4 is 0 Å². The lowest BCUT2D eigenvalue weighted by atomic mass is 10.5. The monoisotopic (exact) mass is 217 g/mol. The fourth-order valence-electron chi connectivity index (χ4n) is 1.11. The Morgan fingerprint density at radius 3 is 3.00 bits per heavy atom. The van der Waals surface area contributed by atoms with Gasteiger partial charge >= 0.3 is 6.03 Å². The Kier molecular flexibility index (Phi) is 2.43. The van der Waals surface area contributed by atoms with E-state index < -0.39 is 6.03 Å². The molecule has 0 aliphatic rings. The molecule has 0 spiro atoms. The van der Waals surface area contributed by atoms with Crippen LogP contribution in [0.4, 0.5) is 4.79 Å². The van der Waals surface area contributed by atoms with E-state index in [-0.39, 0.29) is 5.82 Å². The van der Waals surface area contributed by atoms with Crippen molar-refractivity contribution in [3.05, 3.63) is 24.3 Å². The maximum absolute atomic E-state index is 11.8. The fourth-order valence-corrected chi connectivity index (χ4v) is 1.11. The molecule has 0 radical (unpaired) electrons. The van der Waals surface area contributed by atoms with Crippen molar-refractivity contribution in [3.8, 4) is 6.07 Å². The minimum absolute atomic E-state index is 0.0580. The number of nitrogens with zero attached hydrogens (tertiary/aromatic N) is 7. The summed E-state index contributed by atoms with van der Waals surface area (Å²) in [7, 11) is 0. The molecule has 2 aromatic rings. The summed E-state index contributed by atoms with van der Waals surface area (Å²) in [5.41, 5.74) is 0. The number of carbonyl (C=O) groups is 1. The first-order chi connectivity index (χ1) is 7.76. The summed E-state index contributed by atoms with van der Waals surface area (Å²) >= 11 is 0.